The standard InChI is InChI=1S/C18H21F2N/c1-4-7-21-11-14-6-5-12(2)8-15(14)16-10-17(19)13(3)9-18(16)20/h5-6,8-10,21H,4,7,11H2,1-3H3. The van der Waals surface area contributed by atoms with Crippen molar-refractivity contribution in [1.82, 2.24) is 5.32 Å². The van der Waals surface area contributed by atoms with Crippen LogP contribution in [0.3, 0.4) is 0 Å². The van der Waals surface area contributed by atoms with E-state index in [1.54, 1.807) is 6.92 Å². The van der Waals surface area contributed by atoms with Gasteiger partial charge in [0.15, 0.2) is 0 Å². The minimum Gasteiger partial charge on any atom is -0.313 e. The molecule has 0 aromatic heterocycles. The highest BCUT2D eigenvalue weighted by Gasteiger charge is 2.13. The molecule has 2 rings (SSSR count). The number of rotatable bonds is 5. The summed E-state index contributed by atoms with van der Waals surface area (Å²) in [6.45, 7) is 7.17. The van der Waals surface area contributed by atoms with Crippen molar-refractivity contribution in [1.29, 1.82) is 0 Å². The first kappa shape index (κ1) is 15.6. The van der Waals surface area contributed by atoms with E-state index in [-0.39, 0.29) is 11.6 Å². The summed E-state index contributed by atoms with van der Waals surface area (Å²) >= 11 is 0. The van der Waals surface area contributed by atoms with E-state index in [4.69, 9.17) is 0 Å². The Hall–Kier alpha value is -1.74. The molecule has 112 valence electrons. The Morgan fingerprint density at radius 3 is 2.43 bits per heavy atom. The first-order chi connectivity index (χ1) is 10.0. The van der Waals surface area contributed by atoms with E-state index in [2.05, 4.69) is 12.2 Å². The summed E-state index contributed by atoms with van der Waals surface area (Å²) in [4.78, 5) is 0. The van der Waals surface area contributed by atoms with Gasteiger partial charge < -0.3 is 5.32 Å². The summed E-state index contributed by atoms with van der Waals surface area (Å²) in [7, 11) is 0. The first-order valence-corrected chi connectivity index (χ1v) is 7.29. The molecule has 0 atom stereocenters. The topological polar surface area (TPSA) is 12.0 Å². The number of nitrogens with one attached hydrogen (secondary N) is 1. The average Bonchev–Trinajstić information content (AvgIpc) is 2.45. The van der Waals surface area contributed by atoms with E-state index in [0.29, 0.717) is 17.7 Å². The smallest absolute Gasteiger partial charge is 0.131 e. The summed E-state index contributed by atoms with van der Waals surface area (Å²) < 4.78 is 28.0. The lowest BCUT2D eigenvalue weighted by molar-refractivity contribution is 0.595. The van der Waals surface area contributed by atoms with Crippen molar-refractivity contribution in [2.24, 2.45) is 0 Å². The maximum absolute atomic E-state index is 14.2. The number of hydrogen-bond acceptors (Lipinski definition) is 1. The summed E-state index contributed by atoms with van der Waals surface area (Å²) in [5, 5.41) is 3.31. The van der Waals surface area contributed by atoms with Gasteiger partial charge in [-0.3, -0.25) is 0 Å². The fourth-order valence-electron chi connectivity index (χ4n) is 2.35. The third-order valence-corrected chi connectivity index (χ3v) is 3.55. The predicted octanol–water partition coefficient (Wildman–Crippen LogP) is 4.75. The minimum atomic E-state index is -0.378. The second-order valence-corrected chi connectivity index (χ2v) is 5.42. The van der Waals surface area contributed by atoms with E-state index in [1.807, 2.05) is 25.1 Å². The van der Waals surface area contributed by atoms with E-state index in [0.717, 1.165) is 29.7 Å². The summed E-state index contributed by atoms with van der Waals surface area (Å²) in [5.74, 6) is -0.753. The molecule has 0 spiro atoms. The molecule has 0 radical (unpaired) electrons. The summed E-state index contributed by atoms with van der Waals surface area (Å²) in [6, 6.07) is 8.44. The maximum Gasteiger partial charge on any atom is 0.131 e. The predicted molar refractivity (Wildman–Crippen MR) is 83.3 cm³/mol. The lowest BCUT2D eigenvalue weighted by Gasteiger charge is -2.13. The maximum atomic E-state index is 14.2. The number of aryl methyl sites for hydroxylation is 2. The first-order valence-electron chi connectivity index (χ1n) is 7.29. The van der Waals surface area contributed by atoms with Gasteiger partial charge in [-0.05, 0) is 55.6 Å². The van der Waals surface area contributed by atoms with Gasteiger partial charge in [-0.15, -0.1) is 0 Å². The largest absolute Gasteiger partial charge is 0.313 e. The molecule has 0 amide bonds. The fraction of sp³-hybridized carbons (Fsp3) is 0.333. The van der Waals surface area contributed by atoms with Gasteiger partial charge >= 0.3 is 0 Å². The second-order valence-electron chi connectivity index (χ2n) is 5.42. The molecule has 0 aliphatic heterocycles. The van der Waals surface area contributed by atoms with Gasteiger partial charge in [0.2, 0.25) is 0 Å². The molecule has 3 heteroatoms. The molecule has 0 fully saturated rings. The molecular formula is C18H21F2N. The minimum absolute atomic E-state index is 0.328. The SMILES string of the molecule is CCCNCc1ccc(C)cc1-c1cc(F)c(C)cc1F. The molecule has 1 nitrogen and oxygen atoms in total. The number of hydrogen-bond donors (Lipinski definition) is 1. The molecule has 0 bridgehead atoms. The summed E-state index contributed by atoms with van der Waals surface area (Å²) in [5.41, 5.74) is 3.43. The molecule has 1 N–H and O–H groups in total. The lowest BCUT2D eigenvalue weighted by Crippen LogP contribution is -2.14. The van der Waals surface area contributed by atoms with Gasteiger partial charge in [-0.2, -0.15) is 0 Å². The average molecular weight is 289 g/mol. The Bertz CT molecular complexity index is 635. The van der Waals surface area contributed by atoms with Crippen molar-refractivity contribution >= 4 is 0 Å². The van der Waals surface area contributed by atoms with E-state index >= 15 is 0 Å². The van der Waals surface area contributed by atoms with Crippen molar-refractivity contribution in [2.45, 2.75) is 33.7 Å². The van der Waals surface area contributed by atoms with Gasteiger partial charge in [0.05, 0.1) is 0 Å². The molecule has 0 saturated carbocycles. The highest BCUT2D eigenvalue weighted by Crippen LogP contribution is 2.29. The molecule has 0 heterocycles. The zero-order valence-corrected chi connectivity index (χ0v) is 12.8. The molecule has 0 unspecified atom stereocenters. The molecule has 21 heavy (non-hydrogen) atoms. The lowest BCUT2D eigenvalue weighted by atomic mass is 9.96. The van der Waals surface area contributed by atoms with Crippen molar-refractivity contribution in [2.75, 3.05) is 6.54 Å². The van der Waals surface area contributed by atoms with Crippen LogP contribution in [0, 0.1) is 25.5 Å². The van der Waals surface area contributed by atoms with Crippen LogP contribution in [0.4, 0.5) is 8.78 Å². The normalized spacial score (nSPS) is 10.9. The van der Waals surface area contributed by atoms with Crippen LogP contribution in [0.15, 0.2) is 30.3 Å². The molecule has 0 aliphatic carbocycles. The fourth-order valence-corrected chi connectivity index (χ4v) is 2.35. The Kier molecular flexibility index (Phi) is 5.07. The Morgan fingerprint density at radius 2 is 1.71 bits per heavy atom. The molecule has 2 aromatic rings. The van der Waals surface area contributed by atoms with E-state index in [1.165, 1.54) is 12.1 Å². The Labute approximate surface area is 125 Å². The van der Waals surface area contributed by atoms with Crippen LogP contribution in [-0.4, -0.2) is 6.54 Å². The van der Waals surface area contributed by atoms with Gasteiger partial charge in [-0.1, -0.05) is 30.7 Å². The molecule has 0 saturated heterocycles. The highest BCUT2D eigenvalue weighted by molar-refractivity contribution is 5.69. The zero-order valence-electron chi connectivity index (χ0n) is 12.8. The van der Waals surface area contributed by atoms with Crippen LogP contribution in [-0.2, 0) is 6.54 Å². The Balaban J connectivity index is 2.46. The quantitative estimate of drug-likeness (QED) is 0.783. The van der Waals surface area contributed by atoms with Gasteiger partial charge in [0.1, 0.15) is 11.6 Å². The van der Waals surface area contributed by atoms with Crippen LogP contribution in [0.25, 0.3) is 11.1 Å². The van der Waals surface area contributed by atoms with Gasteiger partial charge in [-0.25, -0.2) is 8.78 Å². The van der Waals surface area contributed by atoms with E-state index < -0.39 is 0 Å². The number of halogens is 2. The third kappa shape index (κ3) is 3.67. The third-order valence-electron chi connectivity index (χ3n) is 3.55. The molecular weight excluding hydrogens is 268 g/mol. The van der Waals surface area contributed by atoms with Crippen LogP contribution in [0.5, 0.6) is 0 Å². The van der Waals surface area contributed by atoms with E-state index in [9.17, 15) is 8.78 Å². The molecule has 2 aromatic carbocycles. The summed E-state index contributed by atoms with van der Waals surface area (Å²) in [6.07, 6.45) is 1.04. The van der Waals surface area contributed by atoms with Crippen molar-refractivity contribution < 1.29 is 8.78 Å². The monoisotopic (exact) mass is 289 g/mol. The van der Waals surface area contributed by atoms with Crippen LogP contribution >= 0.6 is 0 Å². The van der Waals surface area contributed by atoms with Crippen LogP contribution in [0.2, 0.25) is 0 Å². The van der Waals surface area contributed by atoms with Crippen molar-refractivity contribution in [3.8, 4) is 11.1 Å². The highest BCUT2D eigenvalue weighted by atomic mass is 19.1. The van der Waals surface area contributed by atoms with Crippen LogP contribution in [0.1, 0.15) is 30.0 Å². The van der Waals surface area contributed by atoms with Gasteiger partial charge in [0.25, 0.3) is 0 Å². The zero-order chi connectivity index (χ0) is 15.4. The van der Waals surface area contributed by atoms with Crippen molar-refractivity contribution in [3.05, 3.63) is 58.7 Å². The van der Waals surface area contributed by atoms with Crippen LogP contribution < -0.4 is 5.32 Å². The van der Waals surface area contributed by atoms with Crippen molar-refractivity contribution in [3.63, 3.8) is 0 Å². The molecule has 0 aliphatic rings. The number of benzene rings is 2. The second kappa shape index (κ2) is 6.81. The Morgan fingerprint density at radius 1 is 0.952 bits per heavy atom. The van der Waals surface area contributed by atoms with Gasteiger partial charge in [0, 0.05) is 12.1 Å².